The van der Waals surface area contributed by atoms with Crippen LogP contribution < -0.4 is 0 Å². The third-order valence-electron chi connectivity index (χ3n) is 6.26. The number of hydrogen-bond acceptors (Lipinski definition) is 12. The molecule has 0 aromatic rings. The van der Waals surface area contributed by atoms with Gasteiger partial charge in [-0.05, 0) is 45.4 Å². The van der Waals surface area contributed by atoms with Crippen LogP contribution in [0.5, 0.6) is 0 Å². The van der Waals surface area contributed by atoms with E-state index >= 15 is 0 Å². The van der Waals surface area contributed by atoms with Gasteiger partial charge >= 0.3 is 0 Å². The van der Waals surface area contributed by atoms with E-state index in [4.69, 9.17) is 12.5 Å². The Morgan fingerprint density at radius 2 is 1.05 bits per heavy atom. The summed E-state index contributed by atoms with van der Waals surface area (Å²) < 4.78 is 116. The van der Waals surface area contributed by atoms with Gasteiger partial charge in [0.2, 0.25) is 0 Å². The SMILES string of the molecule is CC(OS(=O)(=O)CCCCCCS(=O)(=O)OCS(=O)(=O)OC1CCCCC1)S(=O)(=O)OC1CCCCC1. The quantitative estimate of drug-likeness (QED) is 0.174. The third-order valence-corrected chi connectivity index (χ3v) is 11.6. The van der Waals surface area contributed by atoms with Crippen LogP contribution in [0.3, 0.4) is 0 Å². The van der Waals surface area contributed by atoms with E-state index in [1.54, 1.807) is 0 Å². The lowest BCUT2D eigenvalue weighted by Gasteiger charge is -2.23. The first-order chi connectivity index (χ1) is 17.2. The first kappa shape index (κ1) is 32.8. The van der Waals surface area contributed by atoms with Crippen LogP contribution in [-0.2, 0) is 57.2 Å². The molecule has 0 amide bonds. The molecule has 0 radical (unpaired) electrons. The molecule has 2 aliphatic rings. The topological polar surface area (TPSA) is 173 Å². The molecule has 1 atom stereocenters. The lowest BCUT2D eigenvalue weighted by Crippen LogP contribution is -2.31. The summed E-state index contributed by atoms with van der Waals surface area (Å²) in [7, 11) is -16.6. The summed E-state index contributed by atoms with van der Waals surface area (Å²) in [5.74, 6) is -1.94. The Bertz CT molecular complexity index is 1100. The zero-order chi connectivity index (χ0) is 27.6. The zero-order valence-corrected chi connectivity index (χ0v) is 24.6. The Morgan fingerprint density at radius 3 is 1.57 bits per heavy atom. The van der Waals surface area contributed by atoms with Crippen LogP contribution in [0.2, 0.25) is 0 Å². The van der Waals surface area contributed by atoms with Gasteiger partial charge < -0.3 is 0 Å². The van der Waals surface area contributed by atoms with Gasteiger partial charge in [0.15, 0.2) is 11.4 Å². The van der Waals surface area contributed by atoms with Crippen LogP contribution in [-0.4, -0.2) is 68.8 Å². The predicted molar refractivity (Wildman–Crippen MR) is 136 cm³/mol. The Hall–Kier alpha value is -0.360. The maximum absolute atomic E-state index is 12.3. The van der Waals surface area contributed by atoms with Crippen molar-refractivity contribution in [2.45, 2.75) is 114 Å². The third kappa shape index (κ3) is 13.5. The minimum absolute atomic E-state index is 0.128. The van der Waals surface area contributed by atoms with Crippen molar-refractivity contribution >= 4 is 40.5 Å². The fraction of sp³-hybridized carbons (Fsp3) is 1.00. The molecule has 16 heteroatoms. The molecule has 220 valence electrons. The molecule has 37 heavy (non-hydrogen) atoms. The molecule has 0 aliphatic heterocycles. The molecule has 0 aromatic heterocycles. The molecule has 0 bridgehead atoms. The summed E-state index contributed by atoms with van der Waals surface area (Å²) in [6.07, 6.45) is 7.90. The van der Waals surface area contributed by atoms with E-state index in [2.05, 4.69) is 4.18 Å². The monoisotopic (exact) mass is 612 g/mol. The molecule has 1 unspecified atom stereocenters. The molecule has 0 heterocycles. The van der Waals surface area contributed by atoms with E-state index in [9.17, 15) is 33.7 Å². The van der Waals surface area contributed by atoms with Crippen molar-refractivity contribution in [3.8, 4) is 0 Å². The van der Waals surface area contributed by atoms with Gasteiger partial charge in [-0.2, -0.15) is 33.7 Å². The molecule has 2 aliphatic carbocycles. The van der Waals surface area contributed by atoms with Crippen molar-refractivity contribution in [1.82, 2.24) is 0 Å². The minimum Gasteiger partial charge on any atom is -0.265 e. The highest BCUT2D eigenvalue weighted by Gasteiger charge is 2.31. The highest BCUT2D eigenvalue weighted by atomic mass is 32.2. The van der Waals surface area contributed by atoms with Gasteiger partial charge in [0, 0.05) is 0 Å². The maximum Gasteiger partial charge on any atom is 0.296 e. The molecule has 2 saturated carbocycles. The van der Waals surface area contributed by atoms with Gasteiger partial charge in [-0.1, -0.05) is 51.4 Å². The average molecular weight is 613 g/mol. The highest BCUT2D eigenvalue weighted by molar-refractivity contribution is 7.90. The van der Waals surface area contributed by atoms with E-state index in [0.717, 1.165) is 45.4 Å². The molecule has 0 N–H and O–H groups in total. The largest absolute Gasteiger partial charge is 0.296 e. The summed E-state index contributed by atoms with van der Waals surface area (Å²) in [5, 5.41) is 0. The second-order valence-corrected chi connectivity index (χ2v) is 16.5. The van der Waals surface area contributed by atoms with Crippen molar-refractivity contribution in [3.05, 3.63) is 0 Å². The second-order valence-electron chi connectivity index (χ2n) is 9.60. The van der Waals surface area contributed by atoms with Crippen LogP contribution in [0.1, 0.15) is 96.8 Å². The van der Waals surface area contributed by atoms with Gasteiger partial charge in [0.25, 0.3) is 40.5 Å². The average Bonchev–Trinajstić information content (AvgIpc) is 2.81. The van der Waals surface area contributed by atoms with Crippen molar-refractivity contribution in [2.24, 2.45) is 0 Å². The predicted octanol–water partition coefficient (Wildman–Crippen LogP) is 2.90. The van der Waals surface area contributed by atoms with Crippen LogP contribution in [0.25, 0.3) is 0 Å². The first-order valence-corrected chi connectivity index (χ1v) is 19.0. The van der Waals surface area contributed by atoms with E-state index < -0.39 is 75.6 Å². The van der Waals surface area contributed by atoms with Crippen molar-refractivity contribution in [3.63, 3.8) is 0 Å². The number of unbranched alkanes of at least 4 members (excludes halogenated alkanes) is 3. The Balaban J connectivity index is 1.63. The number of hydrogen-bond donors (Lipinski definition) is 0. The zero-order valence-electron chi connectivity index (χ0n) is 21.3. The summed E-state index contributed by atoms with van der Waals surface area (Å²) >= 11 is 0. The molecular weight excluding hydrogens is 572 g/mol. The molecule has 0 spiro atoms. The smallest absolute Gasteiger partial charge is 0.265 e. The van der Waals surface area contributed by atoms with E-state index in [1.165, 1.54) is 0 Å². The fourth-order valence-electron chi connectivity index (χ4n) is 4.23. The van der Waals surface area contributed by atoms with Gasteiger partial charge in [-0.25, -0.2) is 4.18 Å². The lowest BCUT2D eigenvalue weighted by molar-refractivity contribution is 0.147. The summed E-state index contributed by atoms with van der Waals surface area (Å²) in [5.41, 5.74) is -1.67. The Morgan fingerprint density at radius 1 is 0.595 bits per heavy atom. The van der Waals surface area contributed by atoms with Gasteiger partial charge in [0.1, 0.15) is 0 Å². The molecule has 2 fully saturated rings. The second kappa shape index (κ2) is 14.9. The normalized spacial score (nSPS) is 20.1. The summed E-state index contributed by atoms with van der Waals surface area (Å²) in [6.45, 7) is 1.11. The lowest BCUT2D eigenvalue weighted by atomic mass is 9.98. The molecule has 12 nitrogen and oxygen atoms in total. The van der Waals surface area contributed by atoms with Gasteiger partial charge in [-0.3, -0.25) is 12.5 Å². The minimum atomic E-state index is -4.21. The van der Waals surface area contributed by atoms with Gasteiger partial charge in [-0.15, -0.1) is 0 Å². The summed E-state index contributed by atoms with van der Waals surface area (Å²) in [6, 6.07) is 0. The Kier molecular flexibility index (Phi) is 13.2. The molecule has 0 saturated heterocycles. The van der Waals surface area contributed by atoms with Crippen molar-refractivity contribution in [1.29, 1.82) is 0 Å². The van der Waals surface area contributed by atoms with E-state index in [-0.39, 0.29) is 12.8 Å². The van der Waals surface area contributed by atoms with Crippen LogP contribution in [0, 0.1) is 0 Å². The fourth-order valence-corrected chi connectivity index (χ4v) is 9.17. The van der Waals surface area contributed by atoms with Crippen LogP contribution in [0.4, 0.5) is 0 Å². The highest BCUT2D eigenvalue weighted by Crippen LogP contribution is 2.24. The molecule has 0 aromatic carbocycles. The Labute approximate surface area is 222 Å². The van der Waals surface area contributed by atoms with E-state index in [0.29, 0.717) is 38.5 Å². The van der Waals surface area contributed by atoms with Crippen molar-refractivity contribution < 1.29 is 50.4 Å². The van der Waals surface area contributed by atoms with Gasteiger partial charge in [0.05, 0.1) is 23.7 Å². The first-order valence-electron chi connectivity index (χ1n) is 12.8. The van der Waals surface area contributed by atoms with E-state index in [1.807, 2.05) is 0 Å². The molecular formula is C21H40O12S4. The maximum atomic E-state index is 12.3. The number of rotatable bonds is 17. The van der Waals surface area contributed by atoms with Crippen LogP contribution in [0.15, 0.2) is 0 Å². The van der Waals surface area contributed by atoms with Crippen LogP contribution >= 0.6 is 0 Å². The standard InChI is InChI=1S/C21H40O12S4/c1-19(37(28,29)33-21-14-8-5-9-15-21)31-35(24,25)17-11-3-2-10-16-34(22,23)30-18-36(26,27)32-20-12-6-4-7-13-20/h19-21H,2-18H2,1H3. The summed E-state index contributed by atoms with van der Waals surface area (Å²) in [4.78, 5) is 0. The molecule has 2 rings (SSSR count). The van der Waals surface area contributed by atoms with Crippen molar-refractivity contribution in [2.75, 3.05) is 17.4 Å².